The Kier molecular flexibility index (Phi) is 6.27. The number of rotatable bonds is 7. The molecular formula is C25H22N6O5. The lowest BCUT2D eigenvalue weighted by Gasteiger charge is -2.16. The largest absolute Gasteiger partial charge is 0.480 e. The maximum Gasteiger partial charge on any atom is 0.263 e. The van der Waals surface area contributed by atoms with Crippen LogP contribution in [0.2, 0.25) is 0 Å². The molecule has 0 saturated carbocycles. The fraction of sp³-hybridized carbons (Fsp3) is 0.200. The van der Waals surface area contributed by atoms with Gasteiger partial charge in [-0.25, -0.2) is 4.98 Å². The second-order valence-corrected chi connectivity index (χ2v) is 8.15. The number of hydrogen-bond acceptors (Lipinski definition) is 9. The fourth-order valence-electron chi connectivity index (χ4n) is 3.66. The first-order valence-electron chi connectivity index (χ1n) is 11.2. The molecule has 182 valence electrons. The average molecular weight is 486 g/mol. The summed E-state index contributed by atoms with van der Waals surface area (Å²) in [6.45, 7) is 2.32. The average Bonchev–Trinajstić information content (AvgIpc) is 3.45. The van der Waals surface area contributed by atoms with Crippen molar-refractivity contribution in [2.45, 2.75) is 19.4 Å². The van der Waals surface area contributed by atoms with E-state index in [1.807, 2.05) is 0 Å². The van der Waals surface area contributed by atoms with Crippen molar-refractivity contribution in [2.75, 3.05) is 18.9 Å². The van der Waals surface area contributed by atoms with Crippen LogP contribution in [0.3, 0.4) is 0 Å². The summed E-state index contributed by atoms with van der Waals surface area (Å²) in [6, 6.07) is 11.9. The number of carbonyl (C=O) groups is 2. The van der Waals surface area contributed by atoms with Crippen LogP contribution in [-0.4, -0.2) is 56.6 Å². The molecule has 0 radical (unpaired) electrons. The van der Waals surface area contributed by atoms with Crippen molar-refractivity contribution in [1.82, 2.24) is 25.1 Å². The topological polar surface area (TPSA) is 133 Å². The lowest BCUT2D eigenvalue weighted by molar-refractivity contribution is -0.132. The molecule has 4 aromatic rings. The van der Waals surface area contributed by atoms with Gasteiger partial charge in [0.2, 0.25) is 11.8 Å². The van der Waals surface area contributed by atoms with E-state index in [4.69, 9.17) is 13.9 Å². The highest BCUT2D eigenvalue weighted by atomic mass is 16.5. The predicted octanol–water partition coefficient (Wildman–Crippen LogP) is 3.49. The molecule has 36 heavy (non-hydrogen) atoms. The fourth-order valence-corrected chi connectivity index (χ4v) is 3.66. The summed E-state index contributed by atoms with van der Waals surface area (Å²) in [5, 5.41) is 10.5. The van der Waals surface area contributed by atoms with E-state index in [9.17, 15) is 9.59 Å². The van der Waals surface area contributed by atoms with Crippen LogP contribution in [0.25, 0.3) is 11.5 Å². The molecule has 0 spiro atoms. The van der Waals surface area contributed by atoms with Crippen molar-refractivity contribution in [1.29, 1.82) is 0 Å². The van der Waals surface area contributed by atoms with Crippen LogP contribution in [0.4, 0.5) is 5.82 Å². The van der Waals surface area contributed by atoms with Gasteiger partial charge in [-0.2, -0.15) is 0 Å². The molecule has 1 aliphatic heterocycles. The van der Waals surface area contributed by atoms with Crippen LogP contribution in [0.15, 0.2) is 65.5 Å². The van der Waals surface area contributed by atoms with Gasteiger partial charge in [0.25, 0.3) is 11.8 Å². The first-order chi connectivity index (χ1) is 17.4. The Bertz CT molecular complexity index is 1390. The quantitative estimate of drug-likeness (QED) is 0.417. The summed E-state index contributed by atoms with van der Waals surface area (Å²) in [5.74, 6) is 1.85. The first-order valence-corrected chi connectivity index (χ1v) is 11.2. The van der Waals surface area contributed by atoms with E-state index in [1.165, 1.54) is 18.6 Å². The maximum atomic E-state index is 12.9. The van der Waals surface area contributed by atoms with E-state index in [2.05, 4.69) is 25.5 Å². The van der Waals surface area contributed by atoms with Crippen LogP contribution in [0, 0.1) is 6.92 Å². The van der Waals surface area contributed by atoms with Gasteiger partial charge in [0, 0.05) is 56.5 Å². The Labute approximate surface area is 206 Å². The molecule has 5 rings (SSSR count). The number of benzene rings is 2. The number of amides is 2. The molecule has 1 saturated heterocycles. The van der Waals surface area contributed by atoms with E-state index in [0.717, 1.165) is 5.56 Å². The van der Waals surface area contributed by atoms with Gasteiger partial charge in [-0.1, -0.05) is 0 Å². The molecule has 2 aromatic heterocycles. The minimum absolute atomic E-state index is 0.112. The number of likely N-dealkylation sites (tertiary alicyclic amines) is 1. The summed E-state index contributed by atoms with van der Waals surface area (Å²) in [7, 11) is 1.73. The first kappa shape index (κ1) is 23.0. The number of nitrogens with one attached hydrogen (secondary N) is 1. The Morgan fingerprint density at radius 1 is 1.08 bits per heavy atom. The van der Waals surface area contributed by atoms with E-state index >= 15 is 0 Å². The summed E-state index contributed by atoms with van der Waals surface area (Å²) in [6.07, 6.45) is 4.35. The molecule has 1 aliphatic rings. The van der Waals surface area contributed by atoms with E-state index < -0.39 is 12.0 Å². The number of anilines is 1. The van der Waals surface area contributed by atoms with Gasteiger partial charge in [-0.05, 0) is 36.4 Å². The van der Waals surface area contributed by atoms with Crippen LogP contribution >= 0.6 is 0 Å². The van der Waals surface area contributed by atoms with Crippen LogP contribution in [0.5, 0.6) is 17.2 Å². The standard InChI is InChI=1S/C25H22N6O5/c1-15-29-30-24(34-15)16-3-5-18(6-4-16)35-19-11-17(23(32)28-22-14-26-8-9-27-22)12-20(13-19)36-21-7-10-31(2)25(21)33/h3-6,8-9,11-14,21H,7,10H2,1-2H3,(H,27,28,32). The molecule has 3 heterocycles. The Morgan fingerprint density at radius 2 is 1.89 bits per heavy atom. The summed E-state index contributed by atoms with van der Waals surface area (Å²) in [5.41, 5.74) is 1.01. The minimum Gasteiger partial charge on any atom is -0.480 e. The lowest BCUT2D eigenvalue weighted by atomic mass is 10.1. The highest BCUT2D eigenvalue weighted by Crippen LogP contribution is 2.31. The third kappa shape index (κ3) is 5.14. The van der Waals surface area contributed by atoms with Crippen molar-refractivity contribution in [3.8, 4) is 28.7 Å². The number of ether oxygens (including phenoxy) is 2. The molecule has 2 aromatic carbocycles. The number of hydrogen-bond donors (Lipinski definition) is 1. The SMILES string of the molecule is Cc1nnc(-c2ccc(Oc3cc(OC4CCN(C)C4=O)cc(C(=O)Nc4cnccn4)c3)cc2)o1. The van der Waals surface area contributed by atoms with Crippen molar-refractivity contribution < 1.29 is 23.5 Å². The zero-order valence-corrected chi connectivity index (χ0v) is 19.5. The normalized spacial score (nSPS) is 15.1. The lowest BCUT2D eigenvalue weighted by Crippen LogP contribution is -2.29. The molecule has 2 amide bonds. The molecule has 1 N–H and O–H groups in total. The molecular weight excluding hydrogens is 464 g/mol. The molecule has 1 fully saturated rings. The summed E-state index contributed by atoms with van der Waals surface area (Å²) >= 11 is 0. The number of aryl methyl sites for hydroxylation is 1. The summed E-state index contributed by atoms with van der Waals surface area (Å²) in [4.78, 5) is 34.9. The number of carbonyl (C=O) groups excluding carboxylic acids is 2. The number of nitrogens with zero attached hydrogens (tertiary/aromatic N) is 5. The van der Waals surface area contributed by atoms with Gasteiger partial charge in [-0.15, -0.1) is 10.2 Å². The monoisotopic (exact) mass is 486 g/mol. The zero-order chi connectivity index (χ0) is 25.1. The van der Waals surface area contributed by atoms with E-state index in [0.29, 0.717) is 47.8 Å². The third-order valence-electron chi connectivity index (χ3n) is 5.47. The van der Waals surface area contributed by atoms with E-state index in [-0.39, 0.29) is 11.5 Å². The molecule has 1 unspecified atom stereocenters. The molecule has 11 heteroatoms. The van der Waals surface area contributed by atoms with Gasteiger partial charge >= 0.3 is 0 Å². The van der Waals surface area contributed by atoms with Gasteiger partial charge < -0.3 is 24.1 Å². The Hall–Kier alpha value is -4.80. The van der Waals surface area contributed by atoms with Gasteiger partial charge in [-0.3, -0.25) is 14.6 Å². The molecule has 1 atom stereocenters. The Morgan fingerprint density at radius 3 is 2.56 bits per heavy atom. The zero-order valence-electron chi connectivity index (χ0n) is 19.5. The van der Waals surface area contributed by atoms with Gasteiger partial charge in [0.1, 0.15) is 17.2 Å². The Balaban J connectivity index is 1.40. The molecule has 11 nitrogen and oxygen atoms in total. The van der Waals surface area contributed by atoms with Crippen molar-refractivity contribution >= 4 is 17.6 Å². The predicted molar refractivity (Wildman–Crippen MR) is 128 cm³/mol. The van der Waals surface area contributed by atoms with Crippen LogP contribution < -0.4 is 14.8 Å². The van der Waals surface area contributed by atoms with Gasteiger partial charge in [0.15, 0.2) is 11.9 Å². The minimum atomic E-state index is -0.627. The molecule has 0 bridgehead atoms. The van der Waals surface area contributed by atoms with Crippen molar-refractivity contribution in [3.63, 3.8) is 0 Å². The van der Waals surface area contributed by atoms with Crippen LogP contribution in [-0.2, 0) is 4.79 Å². The second kappa shape index (κ2) is 9.82. The summed E-state index contributed by atoms with van der Waals surface area (Å²) < 4.78 is 17.4. The van der Waals surface area contributed by atoms with Crippen LogP contribution in [0.1, 0.15) is 22.7 Å². The maximum absolute atomic E-state index is 12.9. The van der Waals surface area contributed by atoms with Crippen molar-refractivity contribution in [2.24, 2.45) is 0 Å². The smallest absolute Gasteiger partial charge is 0.263 e. The van der Waals surface area contributed by atoms with Crippen molar-refractivity contribution in [3.05, 3.63) is 72.5 Å². The second-order valence-electron chi connectivity index (χ2n) is 8.15. The number of likely N-dealkylation sites (N-methyl/N-ethyl adjacent to an activating group) is 1. The van der Waals surface area contributed by atoms with E-state index in [1.54, 1.807) is 61.3 Å². The number of aromatic nitrogens is 4. The highest BCUT2D eigenvalue weighted by molar-refractivity contribution is 6.04. The highest BCUT2D eigenvalue weighted by Gasteiger charge is 2.31. The van der Waals surface area contributed by atoms with Gasteiger partial charge in [0.05, 0.1) is 6.20 Å². The third-order valence-corrected chi connectivity index (χ3v) is 5.47. The molecule has 0 aliphatic carbocycles.